The van der Waals surface area contributed by atoms with E-state index in [1.54, 1.807) is 0 Å². The van der Waals surface area contributed by atoms with Gasteiger partial charge in [-0.25, -0.2) is 0 Å². The second kappa shape index (κ2) is 10.1. The van der Waals surface area contributed by atoms with E-state index in [1.165, 1.54) is 42.4 Å². The number of hydrogen-bond acceptors (Lipinski definition) is 1. The molecule has 0 amide bonds. The van der Waals surface area contributed by atoms with E-state index in [2.05, 4.69) is 100 Å². The molecule has 0 bridgehead atoms. The molecule has 2 aromatic carbocycles. The van der Waals surface area contributed by atoms with Crippen LogP contribution in [0.4, 0.5) is 0 Å². The summed E-state index contributed by atoms with van der Waals surface area (Å²) in [6, 6.07) is 19.8. The van der Waals surface area contributed by atoms with Gasteiger partial charge in [-0.2, -0.15) is 0 Å². The summed E-state index contributed by atoms with van der Waals surface area (Å²) >= 11 is 0. The Morgan fingerprint density at radius 2 is 1.73 bits per heavy atom. The molecule has 1 N–H and O–H groups in total. The molecule has 1 saturated carbocycles. The van der Waals surface area contributed by atoms with Gasteiger partial charge in [0.25, 0.3) is 0 Å². The fourth-order valence-electron chi connectivity index (χ4n) is 4.41. The van der Waals surface area contributed by atoms with Gasteiger partial charge in [-0.1, -0.05) is 80.6 Å². The topological polar surface area (TPSA) is 15.3 Å². The molecule has 0 spiro atoms. The zero-order valence-corrected chi connectivity index (χ0v) is 19.2. The van der Waals surface area contributed by atoms with E-state index in [9.17, 15) is 0 Å². The third kappa shape index (κ3) is 5.19. The van der Waals surface area contributed by atoms with E-state index in [-0.39, 0.29) is 5.41 Å². The average molecular weight is 417 g/mol. The van der Waals surface area contributed by atoms with Crippen LogP contribution in [-0.4, -0.2) is 31.0 Å². The van der Waals surface area contributed by atoms with Crippen LogP contribution in [0, 0.1) is 0 Å². The third-order valence-corrected chi connectivity index (χ3v) is 6.72. The predicted octanol–water partition coefficient (Wildman–Crippen LogP) is 6.22. The van der Waals surface area contributed by atoms with E-state index in [0.717, 1.165) is 23.1 Å². The maximum Gasteiger partial charge on any atom is 0.0417 e. The number of allylic oxidation sites excluding steroid dienone is 1. The van der Waals surface area contributed by atoms with Crippen LogP contribution in [0.1, 0.15) is 31.2 Å². The Labute approximate surface area is 184 Å². The number of nitrogens with zero attached hydrogens (tertiary/aromatic N) is 1. The lowest BCUT2D eigenvalue weighted by molar-refractivity contribution is 0.307. The van der Waals surface area contributed by atoms with Crippen molar-refractivity contribution in [2.75, 3.05) is 20.6 Å². The highest BCUT2D eigenvalue weighted by atomic mass is 31.0. The maximum absolute atomic E-state index is 4.14. The SMILES string of the molecule is C=C(/C=C\N(C)CC1(c2cccc(-c3ccccc3)c2)CCCC1)C(=C)C(=P)NC. The standard InChI is InChI=1S/C27H33N2P/c1-21(22(2)26(30)28-3)15-18-29(4)20-27(16-8-9-17-27)25-14-10-13-24(19-25)23-11-6-5-7-12-23/h5-7,10-15,18-19,28,30H,1-2,8-9,16-17,20H2,3-4H3/b18-15-. The zero-order valence-electron chi connectivity index (χ0n) is 18.2. The Hall–Kier alpha value is -2.41. The molecule has 0 atom stereocenters. The molecule has 1 aliphatic rings. The zero-order chi connectivity index (χ0) is 21.6. The molecule has 0 aliphatic heterocycles. The largest absolute Gasteiger partial charge is 0.380 e. The van der Waals surface area contributed by atoms with Gasteiger partial charge < -0.3 is 4.90 Å². The molecule has 0 unspecified atom stereocenters. The fraction of sp³-hybridized carbons (Fsp3) is 0.296. The quantitative estimate of drug-likeness (QED) is 0.386. The van der Waals surface area contributed by atoms with Crippen molar-refractivity contribution in [3.05, 3.63) is 96.7 Å². The lowest BCUT2D eigenvalue weighted by Gasteiger charge is -2.34. The van der Waals surface area contributed by atoms with Gasteiger partial charge >= 0.3 is 0 Å². The lowest BCUT2D eigenvalue weighted by Crippen LogP contribution is -2.35. The van der Waals surface area contributed by atoms with Crippen molar-refractivity contribution in [3.8, 4) is 11.1 Å². The van der Waals surface area contributed by atoms with Gasteiger partial charge in [-0.15, -0.1) is 8.86 Å². The number of benzene rings is 2. The van der Waals surface area contributed by atoms with Gasteiger partial charge in [-0.3, -0.25) is 5.32 Å². The van der Waals surface area contributed by atoms with Crippen LogP contribution in [0.2, 0.25) is 0 Å². The Kier molecular flexibility index (Phi) is 7.48. The van der Waals surface area contributed by atoms with Crippen molar-refractivity contribution in [2.45, 2.75) is 31.1 Å². The first-order valence-electron chi connectivity index (χ1n) is 10.6. The highest BCUT2D eigenvalue weighted by Gasteiger charge is 2.36. The summed E-state index contributed by atoms with van der Waals surface area (Å²) in [5.41, 5.74) is 6.85. The van der Waals surface area contributed by atoms with Crippen molar-refractivity contribution < 1.29 is 0 Å². The molecule has 0 saturated heterocycles. The minimum Gasteiger partial charge on any atom is -0.380 e. The molecule has 2 nitrogen and oxygen atoms in total. The lowest BCUT2D eigenvalue weighted by atomic mass is 9.77. The first-order chi connectivity index (χ1) is 14.4. The Morgan fingerprint density at radius 1 is 1.07 bits per heavy atom. The van der Waals surface area contributed by atoms with Gasteiger partial charge in [0, 0.05) is 24.4 Å². The summed E-state index contributed by atoms with van der Waals surface area (Å²) in [6.45, 7) is 9.23. The fourth-order valence-corrected chi connectivity index (χ4v) is 4.57. The first kappa shape index (κ1) is 22.3. The normalized spacial score (nSPS) is 15.3. The molecule has 3 rings (SSSR count). The van der Waals surface area contributed by atoms with Crippen molar-refractivity contribution in [1.29, 1.82) is 0 Å². The Bertz CT molecular complexity index is 936. The van der Waals surface area contributed by atoms with E-state index in [1.807, 2.05) is 13.1 Å². The molecule has 1 fully saturated rings. The van der Waals surface area contributed by atoms with Crippen LogP contribution in [0.15, 0.2) is 91.2 Å². The molecule has 0 radical (unpaired) electrons. The van der Waals surface area contributed by atoms with Crippen molar-refractivity contribution in [2.24, 2.45) is 0 Å². The molecule has 2 aromatic rings. The van der Waals surface area contributed by atoms with Gasteiger partial charge in [0.2, 0.25) is 0 Å². The summed E-state index contributed by atoms with van der Waals surface area (Å²) in [6.07, 6.45) is 9.22. The average Bonchev–Trinajstić information content (AvgIpc) is 3.26. The van der Waals surface area contributed by atoms with E-state index in [0.29, 0.717) is 0 Å². The molecule has 3 heteroatoms. The van der Waals surface area contributed by atoms with Crippen LogP contribution >= 0.6 is 8.86 Å². The van der Waals surface area contributed by atoms with E-state index >= 15 is 0 Å². The third-order valence-electron chi connectivity index (χ3n) is 6.16. The molecular weight excluding hydrogens is 383 g/mol. The van der Waals surface area contributed by atoms with Gasteiger partial charge in [0.1, 0.15) is 0 Å². The van der Waals surface area contributed by atoms with Crippen LogP contribution in [0.3, 0.4) is 0 Å². The minimum absolute atomic E-state index is 0.194. The molecular formula is C27H33N2P. The number of likely N-dealkylation sites (N-methyl/N-ethyl adjacent to an activating group) is 2. The van der Waals surface area contributed by atoms with Crippen molar-refractivity contribution >= 4 is 14.3 Å². The predicted molar refractivity (Wildman–Crippen MR) is 134 cm³/mol. The highest BCUT2D eigenvalue weighted by Crippen LogP contribution is 2.42. The van der Waals surface area contributed by atoms with Crippen molar-refractivity contribution in [1.82, 2.24) is 10.2 Å². The summed E-state index contributed by atoms with van der Waals surface area (Å²) in [7, 11) is 7.56. The summed E-state index contributed by atoms with van der Waals surface area (Å²) in [5, 5.41) is 3.06. The Balaban J connectivity index is 1.79. The van der Waals surface area contributed by atoms with E-state index < -0.39 is 0 Å². The second-order valence-electron chi connectivity index (χ2n) is 8.29. The molecule has 156 valence electrons. The van der Waals surface area contributed by atoms with Crippen LogP contribution in [-0.2, 0) is 5.41 Å². The van der Waals surface area contributed by atoms with Crippen molar-refractivity contribution in [3.63, 3.8) is 0 Å². The minimum atomic E-state index is 0.194. The van der Waals surface area contributed by atoms with Gasteiger partial charge in [0.15, 0.2) is 0 Å². The Morgan fingerprint density at radius 3 is 2.40 bits per heavy atom. The van der Waals surface area contributed by atoms with Gasteiger partial charge in [0.05, 0.1) is 0 Å². The monoisotopic (exact) mass is 416 g/mol. The summed E-state index contributed by atoms with van der Waals surface area (Å²) < 4.78 is 0. The van der Waals surface area contributed by atoms with Crippen LogP contribution in [0.25, 0.3) is 11.1 Å². The first-order valence-corrected chi connectivity index (χ1v) is 11.1. The van der Waals surface area contributed by atoms with Gasteiger partial charge in [-0.05, 0) is 60.0 Å². The number of nitrogens with one attached hydrogen (secondary N) is 1. The number of hydrogen-bond donors (Lipinski definition) is 1. The summed E-state index contributed by atoms with van der Waals surface area (Å²) in [5.74, 6) is 0. The molecule has 1 aliphatic carbocycles. The molecule has 0 heterocycles. The highest BCUT2D eigenvalue weighted by molar-refractivity contribution is 7.22. The smallest absolute Gasteiger partial charge is 0.0417 e. The molecule has 30 heavy (non-hydrogen) atoms. The molecule has 0 aromatic heterocycles. The maximum atomic E-state index is 4.14. The van der Waals surface area contributed by atoms with E-state index in [4.69, 9.17) is 0 Å². The number of rotatable bonds is 9. The van der Waals surface area contributed by atoms with Crippen LogP contribution < -0.4 is 5.32 Å². The second-order valence-corrected chi connectivity index (χ2v) is 8.79. The van der Waals surface area contributed by atoms with Crippen LogP contribution in [0.5, 0.6) is 0 Å². The summed E-state index contributed by atoms with van der Waals surface area (Å²) in [4.78, 5) is 2.30.